The molecule has 0 aliphatic heterocycles. The zero-order valence-electron chi connectivity index (χ0n) is 13.5. The predicted octanol–water partition coefficient (Wildman–Crippen LogP) is 5.27. The van der Waals surface area contributed by atoms with Crippen molar-refractivity contribution >= 4 is 34.3 Å². The van der Waals surface area contributed by atoms with Crippen molar-refractivity contribution in [3.8, 4) is 11.1 Å². The molecule has 0 spiro atoms. The summed E-state index contributed by atoms with van der Waals surface area (Å²) in [7, 11) is 3.28. The number of thioether (sulfide) groups is 1. The molecule has 1 aromatic heterocycles. The highest BCUT2D eigenvalue weighted by Crippen LogP contribution is 2.27. The van der Waals surface area contributed by atoms with Crippen molar-refractivity contribution in [2.75, 3.05) is 20.0 Å². The molecule has 3 aromatic rings. The molecular weight excluding hydrogens is 342 g/mol. The Morgan fingerprint density at radius 2 is 1.75 bits per heavy atom. The summed E-state index contributed by atoms with van der Waals surface area (Å²) >= 11 is 7.71. The standard InChI is InChI=1S/C19H18ClNO2S/c1-22-19(23-2)12-24-18-9-8-13-6-7-15(11-17(13)21-18)14-4-3-5-16(20)10-14/h3-11,19H,12H2,1-2H3. The van der Waals surface area contributed by atoms with E-state index in [1.165, 1.54) is 0 Å². The molecule has 0 unspecified atom stereocenters. The molecule has 2 aromatic carbocycles. The second-order valence-electron chi connectivity index (χ2n) is 5.28. The van der Waals surface area contributed by atoms with Gasteiger partial charge in [-0.1, -0.05) is 41.9 Å². The van der Waals surface area contributed by atoms with Crippen molar-refractivity contribution < 1.29 is 9.47 Å². The molecular formula is C19H18ClNO2S. The van der Waals surface area contributed by atoms with Gasteiger partial charge in [0, 0.05) is 24.6 Å². The third-order valence-electron chi connectivity index (χ3n) is 3.72. The van der Waals surface area contributed by atoms with Gasteiger partial charge in [-0.05, 0) is 35.4 Å². The van der Waals surface area contributed by atoms with Gasteiger partial charge in [0.25, 0.3) is 0 Å². The summed E-state index contributed by atoms with van der Waals surface area (Å²) in [6.45, 7) is 0. The summed E-state index contributed by atoms with van der Waals surface area (Å²) in [4.78, 5) is 4.74. The average Bonchev–Trinajstić information content (AvgIpc) is 2.62. The molecule has 0 saturated carbocycles. The third kappa shape index (κ3) is 4.08. The number of halogens is 1. The minimum absolute atomic E-state index is 0.231. The molecule has 0 N–H and O–H groups in total. The number of benzene rings is 2. The van der Waals surface area contributed by atoms with Crippen molar-refractivity contribution in [2.24, 2.45) is 0 Å². The van der Waals surface area contributed by atoms with Crippen LogP contribution in [0.5, 0.6) is 0 Å². The molecule has 0 amide bonds. The molecule has 5 heteroatoms. The second-order valence-corrected chi connectivity index (χ2v) is 6.76. The molecule has 24 heavy (non-hydrogen) atoms. The fourth-order valence-electron chi connectivity index (χ4n) is 2.41. The van der Waals surface area contributed by atoms with E-state index in [4.69, 9.17) is 26.1 Å². The molecule has 3 rings (SSSR count). The first-order chi connectivity index (χ1) is 11.7. The van der Waals surface area contributed by atoms with Gasteiger partial charge in [0.15, 0.2) is 6.29 Å². The Morgan fingerprint density at radius 1 is 1.00 bits per heavy atom. The van der Waals surface area contributed by atoms with Crippen molar-refractivity contribution in [3.05, 3.63) is 59.6 Å². The third-order valence-corrected chi connectivity index (χ3v) is 4.91. The molecule has 1 heterocycles. The second kappa shape index (κ2) is 7.99. The number of pyridine rings is 1. The fraction of sp³-hybridized carbons (Fsp3) is 0.211. The highest BCUT2D eigenvalue weighted by atomic mass is 35.5. The maximum atomic E-state index is 6.09. The lowest BCUT2D eigenvalue weighted by Crippen LogP contribution is -2.15. The zero-order chi connectivity index (χ0) is 16.9. The van der Waals surface area contributed by atoms with E-state index in [9.17, 15) is 0 Å². The zero-order valence-corrected chi connectivity index (χ0v) is 15.1. The van der Waals surface area contributed by atoms with Gasteiger partial charge in [-0.3, -0.25) is 0 Å². The first kappa shape index (κ1) is 17.2. The van der Waals surface area contributed by atoms with Crippen LogP contribution in [0, 0.1) is 0 Å². The Morgan fingerprint density at radius 3 is 2.50 bits per heavy atom. The van der Waals surface area contributed by atoms with Crippen LogP contribution < -0.4 is 0 Å². The van der Waals surface area contributed by atoms with Gasteiger partial charge in [0.2, 0.25) is 0 Å². The number of nitrogens with zero attached hydrogens (tertiary/aromatic N) is 1. The molecule has 3 nitrogen and oxygen atoms in total. The maximum absolute atomic E-state index is 6.09. The van der Waals surface area contributed by atoms with E-state index in [0.29, 0.717) is 5.75 Å². The lowest BCUT2D eigenvalue weighted by Gasteiger charge is -2.12. The van der Waals surface area contributed by atoms with Crippen LogP contribution in [0.3, 0.4) is 0 Å². The molecule has 0 fully saturated rings. The van der Waals surface area contributed by atoms with Gasteiger partial charge >= 0.3 is 0 Å². The van der Waals surface area contributed by atoms with Gasteiger partial charge in [-0.25, -0.2) is 4.98 Å². The van der Waals surface area contributed by atoms with Crippen LogP contribution in [0.2, 0.25) is 5.02 Å². The minimum Gasteiger partial charge on any atom is -0.355 e. The highest BCUT2D eigenvalue weighted by Gasteiger charge is 2.08. The van der Waals surface area contributed by atoms with Gasteiger partial charge in [0.05, 0.1) is 16.3 Å². The van der Waals surface area contributed by atoms with E-state index in [1.807, 2.05) is 30.3 Å². The number of aromatic nitrogens is 1. The largest absolute Gasteiger partial charge is 0.355 e. The van der Waals surface area contributed by atoms with E-state index < -0.39 is 0 Å². The Bertz CT molecular complexity index is 836. The van der Waals surface area contributed by atoms with Crippen LogP contribution in [-0.2, 0) is 9.47 Å². The summed E-state index contributed by atoms with van der Waals surface area (Å²) in [5, 5.41) is 2.79. The van der Waals surface area contributed by atoms with Gasteiger partial charge in [0.1, 0.15) is 0 Å². The lowest BCUT2D eigenvalue weighted by atomic mass is 10.0. The van der Waals surface area contributed by atoms with E-state index in [-0.39, 0.29) is 6.29 Å². The molecule has 0 aliphatic rings. The summed E-state index contributed by atoms with van der Waals surface area (Å²) in [5.41, 5.74) is 3.15. The predicted molar refractivity (Wildman–Crippen MR) is 101 cm³/mol. The Hall–Kier alpha value is -1.59. The van der Waals surface area contributed by atoms with Gasteiger partial charge in [-0.2, -0.15) is 0 Å². The van der Waals surface area contributed by atoms with Crippen LogP contribution in [0.1, 0.15) is 0 Å². The molecule has 0 bridgehead atoms. The Kier molecular flexibility index (Phi) is 5.74. The van der Waals surface area contributed by atoms with E-state index in [1.54, 1.807) is 26.0 Å². The Balaban J connectivity index is 1.88. The number of hydrogen-bond donors (Lipinski definition) is 0. The number of fused-ring (bicyclic) bond motifs is 1. The topological polar surface area (TPSA) is 31.4 Å². The molecule has 0 aliphatic carbocycles. The highest BCUT2D eigenvalue weighted by molar-refractivity contribution is 7.99. The van der Waals surface area contributed by atoms with Crippen molar-refractivity contribution in [3.63, 3.8) is 0 Å². The summed E-state index contributed by atoms with van der Waals surface area (Å²) < 4.78 is 10.4. The molecule has 0 saturated heterocycles. The maximum Gasteiger partial charge on any atom is 0.166 e. The number of methoxy groups -OCH3 is 2. The van der Waals surface area contributed by atoms with Crippen molar-refractivity contribution in [1.82, 2.24) is 4.98 Å². The summed E-state index contributed by atoms with van der Waals surface area (Å²) in [6.07, 6.45) is -0.231. The number of hydrogen-bond acceptors (Lipinski definition) is 4. The average molecular weight is 360 g/mol. The van der Waals surface area contributed by atoms with Crippen LogP contribution >= 0.6 is 23.4 Å². The van der Waals surface area contributed by atoms with Crippen LogP contribution in [-0.4, -0.2) is 31.2 Å². The normalized spacial score (nSPS) is 11.3. The SMILES string of the molecule is COC(CSc1ccc2ccc(-c3cccc(Cl)c3)cc2n1)OC. The molecule has 124 valence electrons. The van der Waals surface area contributed by atoms with Gasteiger partial charge in [-0.15, -0.1) is 11.8 Å². The lowest BCUT2D eigenvalue weighted by molar-refractivity contribution is -0.0842. The van der Waals surface area contributed by atoms with Crippen molar-refractivity contribution in [1.29, 1.82) is 0 Å². The fourth-order valence-corrected chi connectivity index (χ4v) is 3.51. The van der Waals surface area contributed by atoms with Crippen molar-refractivity contribution in [2.45, 2.75) is 11.3 Å². The monoisotopic (exact) mass is 359 g/mol. The number of ether oxygens (including phenoxy) is 2. The first-order valence-corrected chi connectivity index (χ1v) is 8.91. The van der Waals surface area contributed by atoms with E-state index in [0.717, 1.165) is 32.1 Å². The van der Waals surface area contributed by atoms with E-state index >= 15 is 0 Å². The number of rotatable bonds is 6. The van der Waals surface area contributed by atoms with Crippen LogP contribution in [0.4, 0.5) is 0 Å². The quantitative estimate of drug-likeness (QED) is 0.443. The molecule has 0 atom stereocenters. The van der Waals surface area contributed by atoms with Gasteiger partial charge < -0.3 is 9.47 Å². The summed E-state index contributed by atoms with van der Waals surface area (Å²) in [5.74, 6) is 0.694. The first-order valence-electron chi connectivity index (χ1n) is 7.55. The Labute approximate surface area is 151 Å². The summed E-state index contributed by atoms with van der Waals surface area (Å²) in [6, 6.07) is 18.2. The molecule has 0 radical (unpaired) electrons. The van der Waals surface area contributed by atoms with Crippen LogP contribution in [0.25, 0.3) is 22.0 Å². The van der Waals surface area contributed by atoms with Crippen LogP contribution in [0.15, 0.2) is 59.6 Å². The van der Waals surface area contributed by atoms with E-state index in [2.05, 4.69) is 24.3 Å². The minimum atomic E-state index is -0.231. The smallest absolute Gasteiger partial charge is 0.166 e.